The molecule has 6 nitrogen and oxygen atoms in total. The van der Waals surface area contributed by atoms with Crippen molar-refractivity contribution in [2.45, 2.75) is 0 Å². The number of anilines is 1. The molecule has 2 aromatic carbocycles. The predicted molar refractivity (Wildman–Crippen MR) is 81.6 cm³/mol. The maximum Gasteiger partial charge on any atom is 0.271 e. The van der Waals surface area contributed by atoms with Gasteiger partial charge in [-0.05, 0) is 18.2 Å². The highest BCUT2D eigenvalue weighted by atomic mass is 16.4. The van der Waals surface area contributed by atoms with Gasteiger partial charge in [-0.15, -0.1) is 0 Å². The monoisotopic (exact) mass is 282 g/mol. The van der Waals surface area contributed by atoms with Gasteiger partial charge in [-0.1, -0.05) is 41.6 Å². The number of rotatable bonds is 4. The number of nitrogens with zero attached hydrogens (tertiary/aromatic N) is 2. The van der Waals surface area contributed by atoms with Crippen LogP contribution in [0.2, 0.25) is 0 Å². The number of nitrogens with one attached hydrogen (secondary N) is 1. The van der Waals surface area contributed by atoms with Crippen LogP contribution < -0.4 is 11.2 Å². The first-order valence-electron chi connectivity index (χ1n) is 6.17. The largest absolute Gasteiger partial charge is 0.411 e. The number of nitrogens with two attached hydrogens (primary N) is 1. The minimum atomic E-state index is -0.401. The van der Waals surface area contributed by atoms with Crippen molar-refractivity contribution in [1.82, 2.24) is 5.43 Å². The number of amides is 1. The Bertz CT molecular complexity index is 681. The van der Waals surface area contributed by atoms with Crippen molar-refractivity contribution in [2.75, 3.05) is 5.73 Å². The fourth-order valence-electron chi connectivity index (χ4n) is 1.69. The standard InChI is InChI=1S/C15H14N4O2/c16-13-8-4-7-12(9-13)15(20)19-18-14(10-17-21)11-5-2-1-3-6-11/h1-10,21H,16H2,(H,19,20)/b17-10+,18-14+. The summed E-state index contributed by atoms with van der Waals surface area (Å²) in [6, 6.07) is 15.6. The summed E-state index contributed by atoms with van der Waals surface area (Å²) in [5, 5.41) is 15.6. The van der Waals surface area contributed by atoms with Gasteiger partial charge in [0.1, 0.15) is 5.71 Å². The van der Waals surface area contributed by atoms with Gasteiger partial charge in [0.2, 0.25) is 0 Å². The maximum atomic E-state index is 12.0. The Hall–Kier alpha value is -3.15. The van der Waals surface area contributed by atoms with Crippen molar-refractivity contribution < 1.29 is 10.0 Å². The summed E-state index contributed by atoms with van der Waals surface area (Å²) in [6.45, 7) is 0. The maximum absolute atomic E-state index is 12.0. The number of carbonyl (C=O) groups excluding carboxylic acids is 1. The molecule has 0 aliphatic carbocycles. The van der Waals surface area contributed by atoms with Gasteiger partial charge in [-0.25, -0.2) is 5.43 Å². The number of benzene rings is 2. The van der Waals surface area contributed by atoms with Crippen molar-refractivity contribution in [3.05, 3.63) is 65.7 Å². The number of hydrazone groups is 1. The van der Waals surface area contributed by atoms with E-state index in [1.165, 1.54) is 0 Å². The Kier molecular flexibility index (Phi) is 4.66. The first kappa shape index (κ1) is 14.3. The lowest BCUT2D eigenvalue weighted by molar-refractivity contribution is 0.0955. The molecule has 0 heterocycles. The van der Waals surface area contributed by atoms with Crippen LogP contribution in [0.5, 0.6) is 0 Å². The molecule has 2 aromatic rings. The van der Waals surface area contributed by atoms with Crippen molar-refractivity contribution in [2.24, 2.45) is 10.3 Å². The Morgan fingerprint density at radius 2 is 1.81 bits per heavy atom. The summed E-state index contributed by atoms with van der Waals surface area (Å²) in [5.41, 5.74) is 9.95. The molecule has 0 aliphatic heterocycles. The second-order valence-electron chi connectivity index (χ2n) is 4.17. The summed E-state index contributed by atoms with van der Waals surface area (Å²) in [7, 11) is 0. The highest BCUT2D eigenvalue weighted by molar-refractivity contribution is 6.38. The van der Waals surface area contributed by atoms with E-state index in [-0.39, 0.29) is 0 Å². The summed E-state index contributed by atoms with van der Waals surface area (Å²) >= 11 is 0. The van der Waals surface area contributed by atoms with E-state index in [1.54, 1.807) is 36.4 Å². The third-order valence-electron chi connectivity index (χ3n) is 2.68. The van der Waals surface area contributed by atoms with Gasteiger partial charge >= 0.3 is 0 Å². The normalized spacial score (nSPS) is 11.5. The average Bonchev–Trinajstić information content (AvgIpc) is 2.52. The molecular weight excluding hydrogens is 268 g/mol. The molecule has 0 aromatic heterocycles. The molecule has 0 unspecified atom stereocenters. The van der Waals surface area contributed by atoms with Gasteiger partial charge < -0.3 is 10.9 Å². The predicted octanol–water partition coefficient (Wildman–Crippen LogP) is 1.86. The van der Waals surface area contributed by atoms with E-state index < -0.39 is 5.91 Å². The van der Waals surface area contributed by atoms with Crippen molar-refractivity contribution >= 4 is 23.5 Å². The lowest BCUT2D eigenvalue weighted by atomic mass is 10.1. The Balaban J connectivity index is 2.19. The third kappa shape index (κ3) is 3.90. The Morgan fingerprint density at radius 3 is 2.48 bits per heavy atom. The number of nitrogen functional groups attached to an aromatic ring is 1. The van der Waals surface area contributed by atoms with Crippen molar-refractivity contribution in [3.8, 4) is 0 Å². The van der Waals surface area contributed by atoms with E-state index in [0.29, 0.717) is 22.5 Å². The van der Waals surface area contributed by atoms with Crippen LogP contribution in [0, 0.1) is 0 Å². The first-order valence-corrected chi connectivity index (χ1v) is 6.17. The molecule has 2 rings (SSSR count). The summed E-state index contributed by atoms with van der Waals surface area (Å²) in [4.78, 5) is 12.0. The highest BCUT2D eigenvalue weighted by Crippen LogP contribution is 2.06. The van der Waals surface area contributed by atoms with Crippen LogP contribution in [-0.4, -0.2) is 23.0 Å². The molecule has 0 spiro atoms. The Morgan fingerprint density at radius 1 is 1.10 bits per heavy atom. The molecule has 0 saturated carbocycles. The SMILES string of the molecule is Nc1cccc(C(=O)N/N=C(\C=N\O)c2ccccc2)c1. The molecule has 106 valence electrons. The van der Waals surface area contributed by atoms with E-state index >= 15 is 0 Å². The molecular formula is C15H14N4O2. The molecule has 0 bridgehead atoms. The van der Waals surface area contributed by atoms with Gasteiger partial charge in [0.15, 0.2) is 0 Å². The van der Waals surface area contributed by atoms with Gasteiger partial charge in [0, 0.05) is 16.8 Å². The molecule has 0 radical (unpaired) electrons. The summed E-state index contributed by atoms with van der Waals surface area (Å²) in [6.07, 6.45) is 1.15. The summed E-state index contributed by atoms with van der Waals surface area (Å²) in [5.74, 6) is -0.401. The molecule has 0 saturated heterocycles. The van der Waals surface area contributed by atoms with Crippen LogP contribution >= 0.6 is 0 Å². The van der Waals surface area contributed by atoms with Crippen LogP contribution in [0.4, 0.5) is 5.69 Å². The number of hydrogen-bond donors (Lipinski definition) is 3. The molecule has 4 N–H and O–H groups in total. The molecule has 21 heavy (non-hydrogen) atoms. The summed E-state index contributed by atoms with van der Waals surface area (Å²) < 4.78 is 0. The number of hydrogen-bond acceptors (Lipinski definition) is 5. The van der Waals surface area contributed by atoms with Gasteiger partial charge in [0.05, 0.1) is 6.21 Å². The smallest absolute Gasteiger partial charge is 0.271 e. The van der Waals surface area contributed by atoms with Crippen LogP contribution in [0.15, 0.2) is 64.9 Å². The van der Waals surface area contributed by atoms with Gasteiger partial charge in [-0.2, -0.15) is 5.10 Å². The lowest BCUT2D eigenvalue weighted by Crippen LogP contribution is -2.20. The van der Waals surface area contributed by atoms with Crippen molar-refractivity contribution in [1.29, 1.82) is 0 Å². The zero-order valence-electron chi connectivity index (χ0n) is 11.1. The number of carbonyl (C=O) groups is 1. The van der Waals surface area contributed by atoms with E-state index in [9.17, 15) is 4.79 Å². The minimum Gasteiger partial charge on any atom is -0.411 e. The minimum absolute atomic E-state index is 0.329. The fourth-order valence-corrected chi connectivity index (χ4v) is 1.69. The van der Waals surface area contributed by atoms with E-state index in [0.717, 1.165) is 6.21 Å². The molecule has 6 heteroatoms. The molecule has 0 atom stereocenters. The van der Waals surface area contributed by atoms with Crippen LogP contribution in [0.25, 0.3) is 0 Å². The molecule has 1 amide bonds. The first-order chi connectivity index (χ1) is 10.2. The highest BCUT2D eigenvalue weighted by Gasteiger charge is 2.06. The molecule has 0 fully saturated rings. The van der Waals surface area contributed by atoms with Gasteiger partial charge in [0.25, 0.3) is 5.91 Å². The second-order valence-corrected chi connectivity index (χ2v) is 4.17. The molecule has 0 aliphatic rings. The van der Waals surface area contributed by atoms with Crippen LogP contribution in [0.1, 0.15) is 15.9 Å². The van der Waals surface area contributed by atoms with Gasteiger partial charge in [-0.3, -0.25) is 4.79 Å². The zero-order chi connectivity index (χ0) is 15.1. The topological polar surface area (TPSA) is 100 Å². The van der Waals surface area contributed by atoms with Crippen LogP contribution in [-0.2, 0) is 0 Å². The van der Waals surface area contributed by atoms with E-state index in [2.05, 4.69) is 15.7 Å². The Labute approximate surface area is 121 Å². The fraction of sp³-hybridized carbons (Fsp3) is 0. The van der Waals surface area contributed by atoms with Crippen LogP contribution in [0.3, 0.4) is 0 Å². The quantitative estimate of drug-likeness (QED) is 0.345. The van der Waals surface area contributed by atoms with E-state index in [4.69, 9.17) is 10.9 Å². The third-order valence-corrected chi connectivity index (χ3v) is 2.68. The second kappa shape index (κ2) is 6.85. The zero-order valence-corrected chi connectivity index (χ0v) is 11.1. The number of oxime groups is 1. The van der Waals surface area contributed by atoms with Crippen molar-refractivity contribution in [3.63, 3.8) is 0 Å². The lowest BCUT2D eigenvalue weighted by Gasteiger charge is -2.03. The van der Waals surface area contributed by atoms with E-state index in [1.807, 2.05) is 18.2 Å². The average molecular weight is 282 g/mol.